The molecule has 1 N–H and O–H groups in total. The second-order valence-corrected chi connectivity index (χ2v) is 13.2. The zero-order valence-electron chi connectivity index (χ0n) is 23.9. The van der Waals surface area contributed by atoms with Gasteiger partial charge < -0.3 is 19.5 Å². The van der Waals surface area contributed by atoms with Crippen molar-refractivity contribution in [2.24, 2.45) is 5.92 Å². The highest BCUT2D eigenvalue weighted by Gasteiger charge is 2.30. The van der Waals surface area contributed by atoms with E-state index < -0.39 is 23.5 Å². The van der Waals surface area contributed by atoms with Crippen LogP contribution in [0, 0.1) is 5.92 Å². The van der Waals surface area contributed by atoms with E-state index in [1.54, 1.807) is 48.6 Å². The van der Waals surface area contributed by atoms with E-state index in [2.05, 4.69) is 10.3 Å². The van der Waals surface area contributed by atoms with E-state index in [1.807, 2.05) is 24.3 Å². The number of hydrogen-bond acceptors (Lipinski definition) is 10. The molecule has 10 nitrogen and oxygen atoms in total. The zero-order chi connectivity index (χ0) is 29.2. The number of carbonyl (C=O) groups is 2. The van der Waals surface area contributed by atoms with Crippen LogP contribution in [0.1, 0.15) is 60.8 Å². The van der Waals surface area contributed by atoms with Crippen LogP contribution in [0.2, 0.25) is 5.15 Å². The fourth-order valence-corrected chi connectivity index (χ4v) is 5.60. The van der Waals surface area contributed by atoms with Crippen LogP contribution >= 0.6 is 22.9 Å². The summed E-state index contributed by atoms with van der Waals surface area (Å²) < 4.78 is 17.1. The maximum Gasteiger partial charge on any atom is 0.508 e. The molecule has 3 aromatic rings. The molecule has 4 rings (SSSR count). The molecule has 1 amide bonds. The van der Waals surface area contributed by atoms with Gasteiger partial charge in [-0.3, -0.25) is 0 Å². The van der Waals surface area contributed by atoms with Gasteiger partial charge in [0, 0.05) is 13.1 Å². The predicted octanol–water partition coefficient (Wildman–Crippen LogP) is 7.31. The highest BCUT2D eigenvalue weighted by atomic mass is 35.5. The average Bonchev–Trinajstić information content (AvgIpc) is 3.46. The van der Waals surface area contributed by atoms with E-state index in [1.165, 1.54) is 16.2 Å². The molecule has 12 heteroatoms. The quantitative estimate of drug-likeness (QED) is 0.233. The van der Waals surface area contributed by atoms with Crippen molar-refractivity contribution in [1.29, 1.82) is 0 Å². The topological polar surface area (TPSA) is 116 Å². The fraction of sp³-hybridized carbons (Fsp3) is 0.536. The van der Waals surface area contributed by atoms with Crippen molar-refractivity contribution < 1.29 is 23.8 Å². The van der Waals surface area contributed by atoms with E-state index >= 15 is 0 Å². The van der Waals surface area contributed by atoms with Crippen molar-refractivity contribution >= 4 is 57.2 Å². The smallest absolute Gasteiger partial charge is 0.443 e. The summed E-state index contributed by atoms with van der Waals surface area (Å²) in [7, 11) is 1.54. The number of fused-ring (bicyclic) bond motifs is 1. The van der Waals surface area contributed by atoms with Crippen LogP contribution in [-0.4, -0.2) is 58.1 Å². The van der Waals surface area contributed by atoms with Crippen molar-refractivity contribution in [3.05, 3.63) is 29.4 Å². The first-order chi connectivity index (χ1) is 18.7. The number of carbonyl (C=O) groups excluding carboxylic acids is 2. The van der Waals surface area contributed by atoms with Gasteiger partial charge in [-0.25, -0.2) is 19.5 Å². The third-order valence-electron chi connectivity index (χ3n) is 6.04. The maximum atomic E-state index is 12.8. The highest BCUT2D eigenvalue weighted by molar-refractivity contribution is 7.21. The summed E-state index contributed by atoms with van der Waals surface area (Å²) in [5.41, 5.74) is 0.124. The molecule has 0 aliphatic heterocycles. The lowest BCUT2D eigenvalue weighted by atomic mass is 10.1. The van der Waals surface area contributed by atoms with Gasteiger partial charge in [0.25, 0.3) is 0 Å². The second kappa shape index (κ2) is 11.7. The Bertz CT molecular complexity index is 1350. The standard InChI is InChI=1S/C28H36ClN5O5S/c1-27(2,3)38-25(35)34(7)24-32-21(29)20(23-31-18-10-8-9-11-19(18)40-23)22(33-24)30-17-13-12-16(14-17)15-37-26(36)39-28(4,5)6/h8-11,16-17H,12-15H2,1-7H3,(H,30,32,33)/t16-,17+/m1/s1. The molecule has 40 heavy (non-hydrogen) atoms. The first-order valence-corrected chi connectivity index (χ1v) is 14.4. The Morgan fingerprint density at radius 3 is 2.42 bits per heavy atom. The van der Waals surface area contributed by atoms with Crippen molar-refractivity contribution in [3.8, 4) is 10.6 Å². The fourth-order valence-electron chi connectivity index (χ4n) is 4.27. The van der Waals surface area contributed by atoms with Crippen LogP contribution in [0.15, 0.2) is 24.3 Å². The monoisotopic (exact) mass is 589 g/mol. The summed E-state index contributed by atoms with van der Waals surface area (Å²) in [5.74, 6) is 0.745. The molecular weight excluding hydrogens is 554 g/mol. The summed E-state index contributed by atoms with van der Waals surface area (Å²) in [6.07, 6.45) is 1.18. The molecule has 2 heterocycles. The Hall–Kier alpha value is -3.18. The molecule has 2 aromatic heterocycles. The lowest BCUT2D eigenvalue weighted by molar-refractivity contribution is -0.0129. The normalized spacial score (nSPS) is 17.5. The van der Waals surface area contributed by atoms with Crippen molar-refractivity contribution in [1.82, 2.24) is 15.0 Å². The van der Waals surface area contributed by atoms with Gasteiger partial charge in [0.1, 0.15) is 27.2 Å². The Labute approximate surface area is 243 Å². The Balaban J connectivity index is 1.58. The molecular formula is C28H36ClN5O5S. The Morgan fingerprint density at radius 2 is 1.75 bits per heavy atom. The molecule has 1 aliphatic rings. The molecule has 1 aromatic carbocycles. The van der Waals surface area contributed by atoms with Crippen LogP contribution in [-0.2, 0) is 14.2 Å². The Morgan fingerprint density at radius 1 is 1.05 bits per heavy atom. The number of amides is 1. The number of rotatable bonds is 6. The third-order valence-corrected chi connectivity index (χ3v) is 7.36. The van der Waals surface area contributed by atoms with E-state index in [-0.39, 0.29) is 29.7 Å². The van der Waals surface area contributed by atoms with E-state index in [0.29, 0.717) is 16.4 Å². The molecule has 0 saturated heterocycles. The number of anilines is 2. The maximum absolute atomic E-state index is 12.8. The first kappa shape index (κ1) is 29.8. The van der Waals surface area contributed by atoms with Crippen LogP contribution in [0.5, 0.6) is 0 Å². The van der Waals surface area contributed by atoms with E-state index in [4.69, 9.17) is 35.8 Å². The number of benzene rings is 1. The third kappa shape index (κ3) is 7.72. The summed E-state index contributed by atoms with van der Waals surface area (Å²) in [5, 5.41) is 4.35. The van der Waals surface area contributed by atoms with Gasteiger partial charge in [0.2, 0.25) is 5.95 Å². The van der Waals surface area contributed by atoms with Crippen molar-refractivity contribution in [2.75, 3.05) is 23.9 Å². The van der Waals surface area contributed by atoms with Crippen LogP contribution in [0.4, 0.5) is 21.4 Å². The zero-order valence-corrected chi connectivity index (χ0v) is 25.5. The summed E-state index contributed by atoms with van der Waals surface area (Å²) in [6.45, 7) is 11.0. The van der Waals surface area contributed by atoms with Gasteiger partial charge in [0.05, 0.1) is 22.4 Å². The van der Waals surface area contributed by atoms with E-state index in [9.17, 15) is 9.59 Å². The number of nitrogens with zero attached hydrogens (tertiary/aromatic N) is 4. The number of halogens is 1. The summed E-state index contributed by atoms with van der Waals surface area (Å²) >= 11 is 8.24. The van der Waals surface area contributed by atoms with Gasteiger partial charge in [-0.1, -0.05) is 23.7 Å². The van der Waals surface area contributed by atoms with Gasteiger partial charge in [-0.15, -0.1) is 11.3 Å². The number of ether oxygens (including phenoxy) is 3. The molecule has 0 spiro atoms. The highest BCUT2D eigenvalue weighted by Crippen LogP contribution is 2.40. The number of para-hydroxylation sites is 1. The largest absolute Gasteiger partial charge is 0.508 e. The number of hydrogen-bond donors (Lipinski definition) is 1. The minimum absolute atomic E-state index is 0.0333. The molecule has 0 unspecified atom stereocenters. The second-order valence-electron chi connectivity index (χ2n) is 11.9. The summed E-state index contributed by atoms with van der Waals surface area (Å²) in [6, 6.07) is 7.85. The lowest BCUT2D eigenvalue weighted by Gasteiger charge is -2.24. The molecule has 1 fully saturated rings. The van der Waals surface area contributed by atoms with Crippen molar-refractivity contribution in [2.45, 2.75) is 78.0 Å². The molecule has 0 bridgehead atoms. The average molecular weight is 590 g/mol. The van der Waals surface area contributed by atoms with Crippen LogP contribution < -0.4 is 10.2 Å². The predicted molar refractivity (Wildman–Crippen MR) is 157 cm³/mol. The minimum Gasteiger partial charge on any atom is -0.443 e. The van der Waals surface area contributed by atoms with Crippen molar-refractivity contribution in [3.63, 3.8) is 0 Å². The van der Waals surface area contributed by atoms with Gasteiger partial charge in [-0.2, -0.15) is 9.97 Å². The molecule has 2 atom stereocenters. The SMILES string of the molecule is CN(C(=O)OC(C)(C)C)c1nc(Cl)c(-c2nc3ccccc3s2)c(N[C@H]2CC[C@@H](COC(=O)OC(C)(C)C)C2)n1. The minimum atomic E-state index is -0.683. The molecule has 1 saturated carbocycles. The first-order valence-electron chi connectivity index (χ1n) is 13.2. The molecule has 0 radical (unpaired) electrons. The number of thiazole rings is 1. The molecule has 1 aliphatic carbocycles. The van der Waals surface area contributed by atoms with Crippen LogP contribution in [0.3, 0.4) is 0 Å². The molecule has 216 valence electrons. The Kier molecular flexibility index (Phi) is 8.75. The number of nitrogens with one attached hydrogen (secondary N) is 1. The van der Waals surface area contributed by atoms with Crippen LogP contribution in [0.25, 0.3) is 20.8 Å². The lowest BCUT2D eigenvalue weighted by Crippen LogP contribution is -2.35. The van der Waals surface area contributed by atoms with Gasteiger partial charge in [-0.05, 0) is 78.9 Å². The summed E-state index contributed by atoms with van der Waals surface area (Å²) in [4.78, 5) is 39.9. The van der Waals surface area contributed by atoms with E-state index in [0.717, 1.165) is 29.5 Å². The van der Waals surface area contributed by atoms with Gasteiger partial charge in [0.15, 0.2) is 0 Å². The van der Waals surface area contributed by atoms with Gasteiger partial charge >= 0.3 is 12.2 Å². The number of aromatic nitrogens is 3.